The number of nitrogens with one attached hydrogen (secondary N) is 1. The van der Waals surface area contributed by atoms with Crippen LogP contribution in [0.25, 0.3) is 0 Å². The van der Waals surface area contributed by atoms with Crippen molar-refractivity contribution in [1.29, 1.82) is 0 Å². The quantitative estimate of drug-likeness (QED) is 0.639. The summed E-state index contributed by atoms with van der Waals surface area (Å²) < 4.78 is 0. The first-order valence-electron chi connectivity index (χ1n) is 7.16. The van der Waals surface area contributed by atoms with Gasteiger partial charge in [0.15, 0.2) is 0 Å². The third-order valence-corrected chi connectivity index (χ3v) is 3.39. The molecule has 102 valence electrons. The van der Waals surface area contributed by atoms with Crippen molar-refractivity contribution in [2.45, 2.75) is 53.4 Å². The van der Waals surface area contributed by atoms with Crippen molar-refractivity contribution < 1.29 is 4.79 Å². The highest BCUT2D eigenvalue weighted by atomic mass is 16.2. The van der Waals surface area contributed by atoms with Crippen LogP contribution in [0.5, 0.6) is 0 Å². The molecule has 0 fully saturated rings. The van der Waals surface area contributed by atoms with Gasteiger partial charge in [-0.3, -0.25) is 9.69 Å². The average Bonchev–Trinajstić information content (AvgIpc) is 2.36. The maximum atomic E-state index is 11.7. The van der Waals surface area contributed by atoms with Crippen molar-refractivity contribution >= 4 is 5.91 Å². The lowest BCUT2D eigenvalue weighted by Crippen LogP contribution is -2.39. The number of hydrogen-bond donors (Lipinski definition) is 1. The van der Waals surface area contributed by atoms with E-state index in [0.29, 0.717) is 12.5 Å². The van der Waals surface area contributed by atoms with Gasteiger partial charge in [0, 0.05) is 6.54 Å². The molecule has 17 heavy (non-hydrogen) atoms. The summed E-state index contributed by atoms with van der Waals surface area (Å²) in [5.41, 5.74) is 0. The maximum Gasteiger partial charge on any atom is 0.234 e. The van der Waals surface area contributed by atoms with Gasteiger partial charge in [-0.05, 0) is 25.4 Å². The Balaban J connectivity index is 3.79. The Morgan fingerprint density at radius 2 is 1.82 bits per heavy atom. The lowest BCUT2D eigenvalue weighted by molar-refractivity contribution is -0.122. The highest BCUT2D eigenvalue weighted by molar-refractivity contribution is 5.77. The molecule has 0 aromatic rings. The van der Waals surface area contributed by atoms with Crippen LogP contribution in [0.1, 0.15) is 53.4 Å². The summed E-state index contributed by atoms with van der Waals surface area (Å²) in [5.74, 6) is 0.819. The summed E-state index contributed by atoms with van der Waals surface area (Å²) in [4.78, 5) is 13.9. The SMILES string of the molecule is CCCCC(CC)CNC(=O)CN(CC)CC. The molecule has 0 spiro atoms. The third kappa shape index (κ3) is 8.19. The summed E-state index contributed by atoms with van der Waals surface area (Å²) in [5, 5.41) is 3.06. The van der Waals surface area contributed by atoms with Crippen LogP contribution in [0, 0.1) is 5.92 Å². The molecule has 0 aromatic heterocycles. The van der Waals surface area contributed by atoms with Crippen LogP contribution >= 0.6 is 0 Å². The van der Waals surface area contributed by atoms with Gasteiger partial charge in [0.25, 0.3) is 0 Å². The summed E-state index contributed by atoms with van der Waals surface area (Å²) in [7, 11) is 0. The smallest absolute Gasteiger partial charge is 0.234 e. The van der Waals surface area contributed by atoms with Crippen LogP contribution < -0.4 is 5.32 Å². The normalized spacial score (nSPS) is 12.8. The molecule has 1 amide bonds. The van der Waals surface area contributed by atoms with E-state index >= 15 is 0 Å². The van der Waals surface area contributed by atoms with Gasteiger partial charge in [-0.25, -0.2) is 0 Å². The van der Waals surface area contributed by atoms with E-state index in [0.717, 1.165) is 26.1 Å². The lowest BCUT2D eigenvalue weighted by atomic mass is 9.99. The van der Waals surface area contributed by atoms with Crippen molar-refractivity contribution in [2.24, 2.45) is 5.92 Å². The van der Waals surface area contributed by atoms with Crippen molar-refractivity contribution in [3.63, 3.8) is 0 Å². The fraction of sp³-hybridized carbons (Fsp3) is 0.929. The second-order valence-electron chi connectivity index (χ2n) is 4.68. The molecular formula is C14H30N2O. The number of rotatable bonds is 10. The van der Waals surface area contributed by atoms with E-state index in [9.17, 15) is 4.79 Å². The molecule has 0 heterocycles. The van der Waals surface area contributed by atoms with E-state index in [4.69, 9.17) is 0 Å². The zero-order valence-corrected chi connectivity index (χ0v) is 12.1. The first-order valence-corrected chi connectivity index (χ1v) is 7.16. The van der Waals surface area contributed by atoms with E-state index in [1.807, 2.05) is 0 Å². The minimum atomic E-state index is 0.170. The molecule has 1 atom stereocenters. The summed E-state index contributed by atoms with van der Waals surface area (Å²) in [6.07, 6.45) is 4.90. The second kappa shape index (κ2) is 10.6. The zero-order valence-electron chi connectivity index (χ0n) is 12.1. The number of carbonyl (C=O) groups is 1. The predicted molar refractivity (Wildman–Crippen MR) is 74.1 cm³/mol. The van der Waals surface area contributed by atoms with Crippen LogP contribution in [0.4, 0.5) is 0 Å². The number of amides is 1. The molecule has 0 aliphatic rings. The largest absolute Gasteiger partial charge is 0.355 e. The molecule has 0 saturated carbocycles. The second-order valence-corrected chi connectivity index (χ2v) is 4.68. The van der Waals surface area contributed by atoms with E-state index < -0.39 is 0 Å². The van der Waals surface area contributed by atoms with Crippen LogP contribution in [0.2, 0.25) is 0 Å². The fourth-order valence-electron chi connectivity index (χ4n) is 1.91. The van der Waals surface area contributed by atoms with Crippen LogP contribution in [0.15, 0.2) is 0 Å². The molecule has 0 saturated heterocycles. The summed E-state index contributed by atoms with van der Waals surface area (Å²) >= 11 is 0. The van der Waals surface area contributed by atoms with E-state index in [1.54, 1.807) is 0 Å². The lowest BCUT2D eigenvalue weighted by Gasteiger charge is -2.19. The van der Waals surface area contributed by atoms with Crippen molar-refractivity contribution in [3.05, 3.63) is 0 Å². The number of nitrogens with zero attached hydrogens (tertiary/aromatic N) is 1. The minimum Gasteiger partial charge on any atom is -0.355 e. The fourth-order valence-corrected chi connectivity index (χ4v) is 1.91. The van der Waals surface area contributed by atoms with Gasteiger partial charge in [-0.2, -0.15) is 0 Å². The van der Waals surface area contributed by atoms with Crippen LogP contribution in [-0.4, -0.2) is 37.0 Å². The summed E-state index contributed by atoms with van der Waals surface area (Å²) in [6.45, 7) is 11.9. The average molecular weight is 242 g/mol. The Morgan fingerprint density at radius 3 is 2.29 bits per heavy atom. The minimum absolute atomic E-state index is 0.170. The molecule has 0 radical (unpaired) electrons. The maximum absolute atomic E-state index is 11.7. The van der Waals surface area contributed by atoms with Gasteiger partial charge < -0.3 is 5.32 Å². The molecule has 0 bridgehead atoms. The Bertz CT molecular complexity index is 191. The zero-order chi connectivity index (χ0) is 13.1. The molecule has 0 aromatic carbocycles. The predicted octanol–water partition coefficient (Wildman–Crippen LogP) is 2.66. The molecule has 3 nitrogen and oxygen atoms in total. The Kier molecular flexibility index (Phi) is 10.2. The van der Waals surface area contributed by atoms with Crippen LogP contribution in [-0.2, 0) is 4.79 Å². The Labute approximate surface area is 107 Å². The van der Waals surface area contributed by atoms with E-state index in [1.165, 1.54) is 19.3 Å². The molecule has 0 aliphatic heterocycles. The van der Waals surface area contributed by atoms with Crippen LogP contribution in [0.3, 0.4) is 0 Å². The van der Waals surface area contributed by atoms with Gasteiger partial charge in [0.2, 0.25) is 5.91 Å². The first kappa shape index (κ1) is 16.4. The van der Waals surface area contributed by atoms with E-state index in [2.05, 4.69) is 37.9 Å². The van der Waals surface area contributed by atoms with Gasteiger partial charge >= 0.3 is 0 Å². The Hall–Kier alpha value is -0.570. The summed E-state index contributed by atoms with van der Waals surface area (Å²) in [6, 6.07) is 0. The molecule has 3 heteroatoms. The standard InChI is InChI=1S/C14H30N2O/c1-5-9-10-13(6-2)11-15-14(17)12-16(7-3)8-4/h13H,5-12H2,1-4H3,(H,15,17). The van der Waals surface area contributed by atoms with Gasteiger partial charge in [0.05, 0.1) is 6.54 Å². The molecular weight excluding hydrogens is 212 g/mol. The number of hydrogen-bond acceptors (Lipinski definition) is 2. The third-order valence-electron chi connectivity index (χ3n) is 3.39. The Morgan fingerprint density at radius 1 is 1.18 bits per heavy atom. The van der Waals surface area contributed by atoms with Crippen molar-refractivity contribution in [3.8, 4) is 0 Å². The topological polar surface area (TPSA) is 32.3 Å². The highest BCUT2D eigenvalue weighted by Gasteiger charge is 2.10. The molecule has 1 unspecified atom stereocenters. The number of likely N-dealkylation sites (N-methyl/N-ethyl adjacent to an activating group) is 1. The van der Waals surface area contributed by atoms with Gasteiger partial charge in [-0.15, -0.1) is 0 Å². The van der Waals surface area contributed by atoms with Crippen molar-refractivity contribution in [2.75, 3.05) is 26.2 Å². The van der Waals surface area contributed by atoms with Gasteiger partial charge in [0.1, 0.15) is 0 Å². The van der Waals surface area contributed by atoms with Crippen molar-refractivity contribution in [1.82, 2.24) is 10.2 Å². The first-order chi connectivity index (χ1) is 8.17. The highest BCUT2D eigenvalue weighted by Crippen LogP contribution is 2.10. The monoisotopic (exact) mass is 242 g/mol. The molecule has 1 N–H and O–H groups in total. The van der Waals surface area contributed by atoms with Gasteiger partial charge in [-0.1, -0.05) is 47.0 Å². The van der Waals surface area contributed by atoms with E-state index in [-0.39, 0.29) is 5.91 Å². The number of carbonyl (C=O) groups excluding carboxylic acids is 1. The molecule has 0 aliphatic carbocycles. The molecule has 0 rings (SSSR count). The number of unbranched alkanes of at least 4 members (excludes halogenated alkanes) is 1.